The van der Waals surface area contributed by atoms with Crippen LogP contribution < -0.4 is 10.5 Å². The molecule has 0 amide bonds. The molecule has 3 rings (SSSR count). The molecule has 0 bridgehead atoms. The Bertz CT molecular complexity index is 740. The number of hydrogen-bond donors (Lipinski definition) is 0. The smallest absolute Gasteiger partial charge is 0.313 e. The number of aromatic nitrogens is 3. The van der Waals surface area contributed by atoms with Gasteiger partial charge in [0.15, 0.2) is 0 Å². The van der Waals surface area contributed by atoms with Crippen molar-refractivity contribution >= 4 is 27.4 Å². The molecule has 1 fully saturated rings. The zero-order chi connectivity index (χ0) is 15.0. The van der Waals surface area contributed by atoms with E-state index in [0.717, 1.165) is 0 Å². The molecule has 0 aromatic carbocycles. The topological polar surface area (TPSA) is 76.8 Å². The van der Waals surface area contributed by atoms with E-state index in [1.165, 1.54) is 28.1 Å². The number of ether oxygens (including phenoxy) is 1. The van der Waals surface area contributed by atoms with Crippen molar-refractivity contribution in [2.45, 2.75) is 20.3 Å². The highest BCUT2D eigenvalue weighted by atomic mass is 32.1. The zero-order valence-corrected chi connectivity index (χ0v) is 12.7. The lowest BCUT2D eigenvalue weighted by atomic mass is 9.90. The van der Waals surface area contributed by atoms with Crippen molar-refractivity contribution in [1.82, 2.24) is 14.6 Å². The van der Waals surface area contributed by atoms with Gasteiger partial charge in [-0.05, 0) is 20.3 Å². The first kappa shape index (κ1) is 14.0. The number of carbonyl (C=O) groups is 1. The van der Waals surface area contributed by atoms with Crippen molar-refractivity contribution in [1.29, 1.82) is 0 Å². The van der Waals surface area contributed by atoms with Gasteiger partial charge >= 0.3 is 5.97 Å². The van der Waals surface area contributed by atoms with Crippen LogP contribution in [-0.4, -0.2) is 40.3 Å². The Balaban J connectivity index is 1.86. The number of rotatable bonds is 3. The minimum Gasteiger partial charge on any atom is -0.466 e. The SMILES string of the molecule is CCOC(=O)C1(C)CCN(c2nn3c(=O)ccnc3s2)C1. The summed E-state index contributed by atoms with van der Waals surface area (Å²) in [4.78, 5) is 30.4. The number of esters is 1. The van der Waals surface area contributed by atoms with E-state index in [1.807, 2.05) is 11.8 Å². The number of fused-ring (bicyclic) bond motifs is 1. The number of anilines is 1. The Labute approximate surface area is 125 Å². The van der Waals surface area contributed by atoms with Gasteiger partial charge in [0.2, 0.25) is 10.1 Å². The van der Waals surface area contributed by atoms with Crippen LogP contribution in [0, 0.1) is 5.41 Å². The fourth-order valence-electron chi connectivity index (χ4n) is 2.46. The second-order valence-corrected chi connectivity index (χ2v) is 6.25. The van der Waals surface area contributed by atoms with Crippen molar-refractivity contribution in [2.75, 3.05) is 24.6 Å². The fraction of sp³-hybridized carbons (Fsp3) is 0.538. The van der Waals surface area contributed by atoms with Crippen LogP contribution in [0.2, 0.25) is 0 Å². The minimum atomic E-state index is -0.522. The first-order valence-electron chi connectivity index (χ1n) is 6.80. The van der Waals surface area contributed by atoms with Gasteiger partial charge in [0.1, 0.15) is 0 Å². The zero-order valence-electron chi connectivity index (χ0n) is 11.9. The Hall–Kier alpha value is -1.96. The highest BCUT2D eigenvalue weighted by Gasteiger charge is 2.42. The van der Waals surface area contributed by atoms with Crippen LogP contribution in [0.3, 0.4) is 0 Å². The molecule has 8 heteroatoms. The van der Waals surface area contributed by atoms with E-state index in [-0.39, 0.29) is 11.5 Å². The van der Waals surface area contributed by atoms with Gasteiger partial charge in [0.05, 0.1) is 12.0 Å². The lowest BCUT2D eigenvalue weighted by Crippen LogP contribution is -2.33. The maximum atomic E-state index is 12.0. The summed E-state index contributed by atoms with van der Waals surface area (Å²) in [5.41, 5.74) is -0.721. The molecule has 0 saturated carbocycles. The highest BCUT2D eigenvalue weighted by molar-refractivity contribution is 7.20. The van der Waals surface area contributed by atoms with Gasteiger partial charge in [-0.1, -0.05) is 11.3 Å². The quantitative estimate of drug-likeness (QED) is 0.785. The molecule has 3 heterocycles. The van der Waals surface area contributed by atoms with E-state index in [4.69, 9.17) is 4.74 Å². The number of hydrogen-bond acceptors (Lipinski definition) is 7. The van der Waals surface area contributed by atoms with Crippen molar-refractivity contribution in [3.05, 3.63) is 22.6 Å². The Morgan fingerprint density at radius 1 is 1.57 bits per heavy atom. The monoisotopic (exact) mass is 308 g/mol. The summed E-state index contributed by atoms with van der Waals surface area (Å²) in [5, 5.41) is 5.01. The largest absolute Gasteiger partial charge is 0.466 e. The third-order valence-corrected chi connectivity index (χ3v) is 4.66. The third kappa shape index (κ3) is 2.39. The molecule has 1 atom stereocenters. The summed E-state index contributed by atoms with van der Waals surface area (Å²) in [6.07, 6.45) is 2.19. The molecule has 0 aliphatic carbocycles. The van der Waals surface area contributed by atoms with Crippen molar-refractivity contribution in [3.63, 3.8) is 0 Å². The summed E-state index contributed by atoms with van der Waals surface area (Å²) in [5.74, 6) is -0.177. The summed E-state index contributed by atoms with van der Waals surface area (Å²) in [7, 11) is 0. The number of nitrogens with zero attached hydrogens (tertiary/aromatic N) is 4. The first-order chi connectivity index (χ1) is 10.0. The highest BCUT2D eigenvalue weighted by Crippen LogP contribution is 2.35. The molecule has 7 nitrogen and oxygen atoms in total. The van der Waals surface area contributed by atoms with Crippen molar-refractivity contribution in [3.8, 4) is 0 Å². The predicted octanol–water partition coefficient (Wildman–Crippen LogP) is 0.930. The number of carbonyl (C=O) groups excluding carboxylic acids is 1. The molecule has 112 valence electrons. The molecule has 21 heavy (non-hydrogen) atoms. The van der Waals surface area contributed by atoms with Gasteiger partial charge in [-0.15, -0.1) is 5.10 Å². The molecule has 0 radical (unpaired) electrons. The molecule has 0 spiro atoms. The Morgan fingerprint density at radius 2 is 2.38 bits per heavy atom. The summed E-state index contributed by atoms with van der Waals surface area (Å²) in [6, 6.07) is 1.38. The molecule has 2 aromatic heterocycles. The molecular weight excluding hydrogens is 292 g/mol. The average Bonchev–Trinajstić information content (AvgIpc) is 3.04. The summed E-state index contributed by atoms with van der Waals surface area (Å²) in [6.45, 7) is 5.35. The van der Waals surface area contributed by atoms with Crippen LogP contribution in [0.15, 0.2) is 17.1 Å². The second kappa shape index (κ2) is 5.10. The van der Waals surface area contributed by atoms with Crippen LogP contribution >= 0.6 is 11.3 Å². The molecule has 1 unspecified atom stereocenters. The second-order valence-electron chi connectivity index (χ2n) is 5.31. The maximum absolute atomic E-state index is 12.0. The van der Waals surface area contributed by atoms with E-state index in [2.05, 4.69) is 10.1 Å². The average molecular weight is 308 g/mol. The van der Waals surface area contributed by atoms with Gasteiger partial charge in [0, 0.05) is 25.4 Å². The first-order valence-corrected chi connectivity index (χ1v) is 7.62. The van der Waals surface area contributed by atoms with Gasteiger partial charge in [-0.3, -0.25) is 9.59 Å². The Morgan fingerprint density at radius 3 is 3.10 bits per heavy atom. The van der Waals surface area contributed by atoms with Gasteiger partial charge in [0.25, 0.3) is 5.56 Å². The standard InChI is InChI=1S/C13H16N4O3S/c1-3-20-10(19)13(2)5-7-16(8-13)12-15-17-9(18)4-6-14-11(17)21-12/h4,6H,3,5,7-8H2,1-2H3. The third-order valence-electron chi connectivity index (χ3n) is 3.67. The van der Waals surface area contributed by atoms with Crippen LogP contribution in [0.5, 0.6) is 0 Å². The molecule has 2 aromatic rings. The van der Waals surface area contributed by atoms with E-state index in [1.54, 1.807) is 6.92 Å². The fourth-order valence-corrected chi connectivity index (χ4v) is 3.36. The van der Waals surface area contributed by atoms with E-state index < -0.39 is 5.41 Å². The van der Waals surface area contributed by atoms with Gasteiger partial charge in [-0.25, -0.2) is 4.98 Å². The summed E-state index contributed by atoms with van der Waals surface area (Å²) >= 11 is 1.35. The Kier molecular flexibility index (Phi) is 3.40. The molecule has 0 N–H and O–H groups in total. The predicted molar refractivity (Wildman–Crippen MR) is 78.7 cm³/mol. The van der Waals surface area contributed by atoms with Crippen LogP contribution in [-0.2, 0) is 9.53 Å². The van der Waals surface area contributed by atoms with E-state index in [0.29, 0.717) is 36.2 Å². The lowest BCUT2D eigenvalue weighted by Gasteiger charge is -2.21. The van der Waals surface area contributed by atoms with Crippen LogP contribution in [0.4, 0.5) is 5.13 Å². The molecule has 1 saturated heterocycles. The van der Waals surface area contributed by atoms with E-state index in [9.17, 15) is 9.59 Å². The normalized spacial score (nSPS) is 21.9. The van der Waals surface area contributed by atoms with Crippen LogP contribution in [0.25, 0.3) is 4.96 Å². The van der Waals surface area contributed by atoms with Gasteiger partial charge < -0.3 is 9.64 Å². The minimum absolute atomic E-state index is 0.177. The van der Waals surface area contributed by atoms with E-state index >= 15 is 0 Å². The van der Waals surface area contributed by atoms with Crippen LogP contribution in [0.1, 0.15) is 20.3 Å². The molecular formula is C13H16N4O3S. The lowest BCUT2D eigenvalue weighted by molar-refractivity contribution is -0.153. The summed E-state index contributed by atoms with van der Waals surface area (Å²) < 4.78 is 6.43. The van der Waals surface area contributed by atoms with Crippen molar-refractivity contribution in [2.24, 2.45) is 5.41 Å². The maximum Gasteiger partial charge on any atom is 0.313 e. The van der Waals surface area contributed by atoms with Crippen molar-refractivity contribution < 1.29 is 9.53 Å². The molecule has 1 aliphatic heterocycles. The van der Waals surface area contributed by atoms with Gasteiger partial charge in [-0.2, -0.15) is 4.52 Å². The molecule has 1 aliphatic rings.